The number of aliphatic imine (C=N–C) groups is 1. The van der Waals surface area contributed by atoms with E-state index in [4.69, 9.17) is 10.5 Å². The van der Waals surface area contributed by atoms with Gasteiger partial charge in [-0.2, -0.15) is 0 Å². The zero-order valence-corrected chi connectivity index (χ0v) is 14.8. The summed E-state index contributed by atoms with van der Waals surface area (Å²) >= 11 is 0. The summed E-state index contributed by atoms with van der Waals surface area (Å²) in [6, 6.07) is 0. The summed E-state index contributed by atoms with van der Waals surface area (Å²) in [5.41, 5.74) is 5.97. The Morgan fingerprint density at radius 3 is 2.50 bits per heavy atom. The molecule has 0 aromatic heterocycles. The second kappa shape index (κ2) is 8.38. The lowest BCUT2D eigenvalue weighted by atomic mass is 10.2. The van der Waals surface area contributed by atoms with E-state index in [-0.39, 0.29) is 48.2 Å². The number of hydrogen-bond acceptors (Lipinski definition) is 4. The molecule has 0 bridgehead atoms. The SMILES string of the molecule is I.NC(=NCC1CS(=O)(=O)CCO1)N1CCCCCC1. The maximum absolute atomic E-state index is 11.5. The van der Waals surface area contributed by atoms with Crippen molar-refractivity contribution >= 4 is 39.8 Å². The van der Waals surface area contributed by atoms with Crippen LogP contribution in [-0.2, 0) is 14.6 Å². The number of rotatable bonds is 2. The summed E-state index contributed by atoms with van der Waals surface area (Å²) in [6.45, 7) is 2.49. The van der Waals surface area contributed by atoms with Crippen LogP contribution in [0.1, 0.15) is 25.7 Å². The number of halogens is 1. The van der Waals surface area contributed by atoms with Gasteiger partial charge in [-0.15, -0.1) is 24.0 Å². The predicted molar refractivity (Wildman–Crippen MR) is 90.3 cm³/mol. The lowest BCUT2D eigenvalue weighted by molar-refractivity contribution is 0.0781. The Bertz CT molecular complexity index is 420. The molecule has 2 fully saturated rings. The summed E-state index contributed by atoms with van der Waals surface area (Å²) in [7, 11) is -2.96. The normalized spacial score (nSPS) is 27.5. The first kappa shape index (κ1) is 18.0. The van der Waals surface area contributed by atoms with Crippen molar-refractivity contribution in [1.82, 2.24) is 4.90 Å². The molecule has 8 heteroatoms. The Kier molecular flexibility index (Phi) is 7.52. The first-order valence-corrected chi connectivity index (χ1v) is 8.76. The van der Waals surface area contributed by atoms with Crippen molar-refractivity contribution in [3.63, 3.8) is 0 Å². The number of hydrogen-bond donors (Lipinski definition) is 1. The minimum atomic E-state index is -2.96. The Labute approximate surface area is 138 Å². The summed E-state index contributed by atoms with van der Waals surface area (Å²) in [6.07, 6.45) is 4.43. The van der Waals surface area contributed by atoms with Crippen molar-refractivity contribution in [3.05, 3.63) is 0 Å². The van der Waals surface area contributed by atoms with Gasteiger partial charge in [-0.05, 0) is 12.8 Å². The van der Waals surface area contributed by atoms with E-state index in [1.807, 2.05) is 0 Å². The summed E-state index contributed by atoms with van der Waals surface area (Å²) < 4.78 is 28.4. The molecule has 0 saturated carbocycles. The Morgan fingerprint density at radius 1 is 1.25 bits per heavy atom. The van der Waals surface area contributed by atoms with Crippen LogP contribution in [0.4, 0.5) is 0 Å². The molecule has 2 aliphatic heterocycles. The molecule has 0 aromatic rings. The van der Waals surface area contributed by atoms with E-state index in [1.165, 1.54) is 12.8 Å². The first-order valence-electron chi connectivity index (χ1n) is 6.94. The van der Waals surface area contributed by atoms with Gasteiger partial charge in [0.05, 0.1) is 30.8 Å². The molecule has 0 amide bonds. The molecule has 0 radical (unpaired) electrons. The van der Waals surface area contributed by atoms with Crippen LogP contribution in [0.5, 0.6) is 0 Å². The van der Waals surface area contributed by atoms with E-state index >= 15 is 0 Å². The molecule has 6 nitrogen and oxygen atoms in total. The third-order valence-corrected chi connectivity index (χ3v) is 5.24. The van der Waals surface area contributed by atoms with E-state index in [0.29, 0.717) is 12.5 Å². The van der Waals surface area contributed by atoms with Gasteiger partial charge in [0.2, 0.25) is 0 Å². The van der Waals surface area contributed by atoms with Crippen molar-refractivity contribution < 1.29 is 13.2 Å². The van der Waals surface area contributed by atoms with Gasteiger partial charge >= 0.3 is 0 Å². The van der Waals surface area contributed by atoms with Crippen LogP contribution in [0.3, 0.4) is 0 Å². The van der Waals surface area contributed by atoms with Gasteiger partial charge in [0.25, 0.3) is 0 Å². The molecule has 2 heterocycles. The molecule has 20 heavy (non-hydrogen) atoms. The molecule has 1 atom stereocenters. The molecule has 0 aromatic carbocycles. The van der Waals surface area contributed by atoms with Crippen molar-refractivity contribution in [3.8, 4) is 0 Å². The molecule has 1 unspecified atom stereocenters. The number of guanidine groups is 1. The lowest BCUT2D eigenvalue weighted by Gasteiger charge is -2.24. The zero-order chi connectivity index (χ0) is 13.7. The van der Waals surface area contributed by atoms with Gasteiger partial charge in [0.15, 0.2) is 15.8 Å². The highest BCUT2D eigenvalue weighted by atomic mass is 127. The number of nitrogens with two attached hydrogens (primary N) is 1. The lowest BCUT2D eigenvalue weighted by Crippen LogP contribution is -2.40. The van der Waals surface area contributed by atoms with Crippen LogP contribution in [0.15, 0.2) is 4.99 Å². The van der Waals surface area contributed by atoms with Crippen molar-refractivity contribution in [1.29, 1.82) is 0 Å². The van der Waals surface area contributed by atoms with Crippen LogP contribution in [0.25, 0.3) is 0 Å². The molecule has 118 valence electrons. The average Bonchev–Trinajstić information content (AvgIpc) is 2.63. The van der Waals surface area contributed by atoms with Crippen molar-refractivity contribution in [2.24, 2.45) is 10.7 Å². The molecule has 2 aliphatic rings. The highest BCUT2D eigenvalue weighted by molar-refractivity contribution is 14.0. The quantitative estimate of drug-likeness (QED) is 0.404. The molecule has 2 saturated heterocycles. The van der Waals surface area contributed by atoms with Gasteiger partial charge in [-0.25, -0.2) is 8.42 Å². The smallest absolute Gasteiger partial charge is 0.191 e. The third kappa shape index (κ3) is 5.72. The molecular weight excluding hydrogens is 393 g/mol. The maximum atomic E-state index is 11.5. The molecule has 2 N–H and O–H groups in total. The van der Waals surface area contributed by atoms with Crippen LogP contribution in [0.2, 0.25) is 0 Å². The summed E-state index contributed by atoms with van der Waals surface area (Å²) in [4.78, 5) is 6.40. The van der Waals surface area contributed by atoms with Crippen molar-refractivity contribution in [2.75, 3.05) is 37.7 Å². The molecule has 0 aliphatic carbocycles. The topological polar surface area (TPSA) is 85.0 Å². The minimum Gasteiger partial charge on any atom is -0.374 e. The molecule has 2 rings (SSSR count). The van der Waals surface area contributed by atoms with E-state index in [0.717, 1.165) is 25.9 Å². The van der Waals surface area contributed by atoms with Gasteiger partial charge in [0, 0.05) is 13.1 Å². The fourth-order valence-corrected chi connectivity index (χ4v) is 3.74. The van der Waals surface area contributed by atoms with Crippen LogP contribution >= 0.6 is 24.0 Å². The highest BCUT2D eigenvalue weighted by Gasteiger charge is 2.25. The number of sulfone groups is 1. The van der Waals surface area contributed by atoms with Crippen LogP contribution < -0.4 is 5.73 Å². The Hall–Kier alpha value is -0.0900. The first-order chi connectivity index (χ1) is 9.07. The minimum absolute atomic E-state index is 0. The van der Waals surface area contributed by atoms with Gasteiger partial charge < -0.3 is 15.4 Å². The van der Waals surface area contributed by atoms with Crippen LogP contribution in [0, 0.1) is 0 Å². The second-order valence-electron chi connectivity index (χ2n) is 5.21. The average molecular weight is 417 g/mol. The number of nitrogens with zero attached hydrogens (tertiary/aromatic N) is 2. The van der Waals surface area contributed by atoms with Gasteiger partial charge in [-0.3, -0.25) is 4.99 Å². The van der Waals surface area contributed by atoms with E-state index in [9.17, 15) is 8.42 Å². The fraction of sp³-hybridized carbons (Fsp3) is 0.917. The van der Waals surface area contributed by atoms with E-state index in [1.54, 1.807) is 0 Å². The standard InChI is InChI=1S/C12H23N3O3S.HI/c13-12(15-5-3-1-2-4-6-15)14-9-11-10-19(16,17)8-7-18-11;/h11H,1-10H2,(H2,13,14);1H. The third-order valence-electron chi connectivity index (χ3n) is 3.57. The largest absolute Gasteiger partial charge is 0.374 e. The number of ether oxygens (including phenoxy) is 1. The zero-order valence-electron chi connectivity index (χ0n) is 11.7. The van der Waals surface area contributed by atoms with Gasteiger partial charge in [0.1, 0.15) is 0 Å². The summed E-state index contributed by atoms with van der Waals surface area (Å²) in [5, 5.41) is 0. The molecular formula is C12H24IN3O3S. The monoisotopic (exact) mass is 417 g/mol. The molecule has 0 spiro atoms. The number of likely N-dealkylation sites (tertiary alicyclic amines) is 1. The second-order valence-corrected chi connectivity index (χ2v) is 7.44. The van der Waals surface area contributed by atoms with Crippen molar-refractivity contribution in [2.45, 2.75) is 31.8 Å². The van der Waals surface area contributed by atoms with E-state index < -0.39 is 9.84 Å². The van der Waals surface area contributed by atoms with Gasteiger partial charge in [-0.1, -0.05) is 12.8 Å². The predicted octanol–water partition coefficient (Wildman–Crippen LogP) is 0.609. The highest BCUT2D eigenvalue weighted by Crippen LogP contribution is 2.10. The Morgan fingerprint density at radius 2 is 1.90 bits per heavy atom. The summed E-state index contributed by atoms with van der Waals surface area (Å²) in [5.74, 6) is 0.701. The van der Waals surface area contributed by atoms with Crippen LogP contribution in [-0.4, -0.2) is 63.1 Å². The Balaban J connectivity index is 0.00000200. The maximum Gasteiger partial charge on any atom is 0.191 e. The fourth-order valence-electron chi connectivity index (χ4n) is 2.46. The van der Waals surface area contributed by atoms with E-state index in [2.05, 4.69) is 9.89 Å².